The summed E-state index contributed by atoms with van der Waals surface area (Å²) >= 11 is 26.6. The van der Waals surface area contributed by atoms with E-state index in [2.05, 4.69) is 12.2 Å². The zero-order valence-corrected chi connectivity index (χ0v) is 24.9. The average molecular weight is 612 g/mol. The third kappa shape index (κ3) is 9.10. The molecular weight excluding hydrogens is 582 g/mol. The first kappa shape index (κ1) is 30.6. The summed E-state index contributed by atoms with van der Waals surface area (Å²) < 4.78 is 0. The van der Waals surface area contributed by atoms with Gasteiger partial charge < -0.3 is 10.2 Å². The van der Waals surface area contributed by atoms with Crippen molar-refractivity contribution in [2.75, 3.05) is 12.3 Å². The van der Waals surface area contributed by atoms with Gasteiger partial charge in [0, 0.05) is 45.4 Å². The zero-order chi connectivity index (χ0) is 27.5. The Labute approximate surface area is 249 Å². The second-order valence-electron chi connectivity index (χ2n) is 8.80. The fraction of sp³-hybridized carbons (Fsp3) is 0.310. The molecule has 0 saturated heterocycles. The van der Waals surface area contributed by atoms with Gasteiger partial charge in [-0.3, -0.25) is 9.59 Å². The lowest BCUT2D eigenvalue weighted by Gasteiger charge is -2.32. The Bertz CT molecular complexity index is 1210. The van der Waals surface area contributed by atoms with Crippen molar-refractivity contribution >= 4 is 70.0 Å². The van der Waals surface area contributed by atoms with Crippen LogP contribution < -0.4 is 5.32 Å². The number of unbranched alkanes of at least 4 members (excludes halogenated alkanes) is 1. The molecule has 0 bridgehead atoms. The topological polar surface area (TPSA) is 49.4 Å². The predicted octanol–water partition coefficient (Wildman–Crippen LogP) is 8.09. The molecule has 3 aromatic carbocycles. The largest absolute Gasteiger partial charge is 0.354 e. The summed E-state index contributed by atoms with van der Waals surface area (Å²) in [5.41, 5.74) is 2.45. The summed E-state index contributed by atoms with van der Waals surface area (Å²) in [6.07, 6.45) is 2.18. The summed E-state index contributed by atoms with van der Waals surface area (Å²) in [6.45, 7) is 2.78. The number of hydrogen-bond donors (Lipinski definition) is 1. The fourth-order valence-electron chi connectivity index (χ4n) is 3.89. The highest BCUT2D eigenvalue weighted by Crippen LogP contribution is 2.29. The van der Waals surface area contributed by atoms with E-state index >= 15 is 0 Å². The first-order valence-corrected chi connectivity index (χ1v) is 15.0. The first-order valence-electron chi connectivity index (χ1n) is 12.4. The molecule has 0 radical (unpaired) electrons. The SMILES string of the molecule is CCCCNC(=O)C(Cc1ccccc1)N(Cc1ccc(Cl)cc1Cl)C(=O)CSCc1c(Cl)cccc1Cl. The summed E-state index contributed by atoms with van der Waals surface area (Å²) in [7, 11) is 0. The molecule has 0 aliphatic carbocycles. The van der Waals surface area contributed by atoms with Gasteiger partial charge in [0.2, 0.25) is 11.8 Å². The Morgan fingerprint density at radius 2 is 1.63 bits per heavy atom. The molecule has 0 aliphatic heterocycles. The van der Waals surface area contributed by atoms with E-state index in [9.17, 15) is 9.59 Å². The van der Waals surface area contributed by atoms with Gasteiger partial charge in [0.25, 0.3) is 0 Å². The molecule has 0 heterocycles. The van der Waals surface area contributed by atoms with Crippen LogP contribution in [-0.2, 0) is 28.3 Å². The number of carbonyl (C=O) groups excluding carboxylic acids is 2. The molecule has 1 unspecified atom stereocenters. The number of benzene rings is 3. The third-order valence-electron chi connectivity index (χ3n) is 5.99. The molecule has 4 nitrogen and oxygen atoms in total. The van der Waals surface area contributed by atoms with Crippen LogP contribution in [0.1, 0.15) is 36.5 Å². The summed E-state index contributed by atoms with van der Waals surface area (Å²) in [6, 6.07) is 19.5. The van der Waals surface area contributed by atoms with Crippen molar-refractivity contribution in [3.63, 3.8) is 0 Å². The lowest BCUT2D eigenvalue weighted by molar-refractivity contribution is -0.139. The van der Waals surface area contributed by atoms with E-state index < -0.39 is 6.04 Å². The molecular formula is C29H30Cl4N2O2S. The van der Waals surface area contributed by atoms with Gasteiger partial charge >= 0.3 is 0 Å². The van der Waals surface area contributed by atoms with Crippen molar-refractivity contribution in [1.29, 1.82) is 0 Å². The summed E-state index contributed by atoms with van der Waals surface area (Å²) in [5.74, 6) is 0.224. The maximum Gasteiger partial charge on any atom is 0.243 e. The Morgan fingerprint density at radius 3 is 2.29 bits per heavy atom. The Morgan fingerprint density at radius 1 is 0.921 bits per heavy atom. The van der Waals surface area contributed by atoms with Gasteiger partial charge in [0.15, 0.2) is 0 Å². The van der Waals surface area contributed by atoms with Gasteiger partial charge in [0.1, 0.15) is 6.04 Å². The minimum absolute atomic E-state index is 0.139. The van der Waals surface area contributed by atoms with Crippen molar-refractivity contribution in [1.82, 2.24) is 10.2 Å². The Kier molecular flexibility index (Phi) is 12.6. The van der Waals surface area contributed by atoms with Gasteiger partial charge in [-0.1, -0.05) is 102 Å². The molecule has 0 aliphatic rings. The molecule has 9 heteroatoms. The average Bonchev–Trinajstić information content (AvgIpc) is 2.89. The van der Waals surface area contributed by atoms with Crippen LogP contribution in [0.3, 0.4) is 0 Å². The van der Waals surface area contributed by atoms with Gasteiger partial charge in [0.05, 0.1) is 5.75 Å². The molecule has 0 saturated carbocycles. The molecule has 3 aromatic rings. The van der Waals surface area contributed by atoms with E-state index in [1.807, 2.05) is 30.3 Å². The number of hydrogen-bond acceptors (Lipinski definition) is 3. The summed E-state index contributed by atoms with van der Waals surface area (Å²) in [5, 5.41) is 5.07. The number of halogens is 4. The van der Waals surface area contributed by atoms with Crippen LogP contribution in [0.2, 0.25) is 20.1 Å². The van der Waals surface area contributed by atoms with Crippen LogP contribution in [0, 0.1) is 0 Å². The van der Waals surface area contributed by atoms with E-state index in [4.69, 9.17) is 46.4 Å². The van der Waals surface area contributed by atoms with E-state index in [0.29, 0.717) is 44.4 Å². The minimum Gasteiger partial charge on any atom is -0.354 e. The number of carbonyl (C=O) groups is 2. The second kappa shape index (κ2) is 15.6. The van der Waals surface area contributed by atoms with Crippen molar-refractivity contribution in [3.8, 4) is 0 Å². The van der Waals surface area contributed by atoms with E-state index in [0.717, 1.165) is 24.0 Å². The Balaban J connectivity index is 1.88. The maximum atomic E-state index is 13.7. The highest BCUT2D eigenvalue weighted by Gasteiger charge is 2.30. The molecule has 0 aromatic heterocycles. The molecule has 1 N–H and O–H groups in total. The molecule has 202 valence electrons. The van der Waals surface area contributed by atoms with Gasteiger partial charge in [-0.2, -0.15) is 0 Å². The predicted molar refractivity (Wildman–Crippen MR) is 161 cm³/mol. The highest BCUT2D eigenvalue weighted by atomic mass is 35.5. The number of thioether (sulfide) groups is 1. The fourth-order valence-corrected chi connectivity index (χ4v) is 6.00. The summed E-state index contributed by atoms with van der Waals surface area (Å²) in [4.78, 5) is 28.8. The van der Waals surface area contributed by atoms with Crippen molar-refractivity contribution < 1.29 is 9.59 Å². The van der Waals surface area contributed by atoms with Crippen LogP contribution >= 0.6 is 58.2 Å². The van der Waals surface area contributed by atoms with E-state index in [1.165, 1.54) is 11.8 Å². The standard InChI is InChI=1S/C29H30Cl4N2O2S/c1-2-3-14-34-29(37)27(15-20-8-5-4-6-9-20)35(17-21-12-13-22(30)16-26(21)33)28(36)19-38-18-23-24(31)10-7-11-25(23)32/h4-13,16,27H,2-3,14-15,17-19H2,1H3,(H,34,37). The molecule has 3 rings (SSSR count). The molecule has 1 atom stereocenters. The van der Waals surface area contributed by atoms with Crippen LogP contribution in [0.25, 0.3) is 0 Å². The van der Waals surface area contributed by atoms with Crippen molar-refractivity contribution in [3.05, 3.63) is 104 Å². The van der Waals surface area contributed by atoms with Crippen molar-refractivity contribution in [2.24, 2.45) is 0 Å². The number of amides is 2. The zero-order valence-electron chi connectivity index (χ0n) is 21.1. The van der Waals surface area contributed by atoms with Crippen molar-refractivity contribution in [2.45, 2.75) is 44.5 Å². The minimum atomic E-state index is -0.724. The third-order valence-corrected chi connectivity index (χ3v) is 8.23. The van der Waals surface area contributed by atoms with Crippen LogP contribution in [0.5, 0.6) is 0 Å². The normalized spacial score (nSPS) is 11.7. The molecule has 2 amide bonds. The van der Waals surface area contributed by atoms with Crippen LogP contribution in [0.15, 0.2) is 66.7 Å². The monoisotopic (exact) mass is 610 g/mol. The number of nitrogens with zero attached hydrogens (tertiary/aromatic N) is 1. The molecule has 0 spiro atoms. The highest BCUT2D eigenvalue weighted by molar-refractivity contribution is 7.99. The molecule has 0 fully saturated rings. The number of nitrogens with one attached hydrogen (secondary N) is 1. The lowest BCUT2D eigenvalue weighted by atomic mass is 10.0. The van der Waals surface area contributed by atoms with Gasteiger partial charge in [-0.15, -0.1) is 11.8 Å². The quantitative estimate of drug-likeness (QED) is 0.199. The maximum absolute atomic E-state index is 13.7. The van der Waals surface area contributed by atoms with Crippen LogP contribution in [0.4, 0.5) is 0 Å². The van der Waals surface area contributed by atoms with Crippen LogP contribution in [-0.4, -0.2) is 35.1 Å². The van der Waals surface area contributed by atoms with Gasteiger partial charge in [-0.05, 0) is 47.4 Å². The number of rotatable bonds is 13. The lowest BCUT2D eigenvalue weighted by Crippen LogP contribution is -2.51. The van der Waals surface area contributed by atoms with E-state index in [-0.39, 0.29) is 24.1 Å². The Hall–Kier alpha value is -1.89. The van der Waals surface area contributed by atoms with E-state index in [1.54, 1.807) is 41.3 Å². The van der Waals surface area contributed by atoms with Gasteiger partial charge in [-0.25, -0.2) is 0 Å². The smallest absolute Gasteiger partial charge is 0.243 e. The second-order valence-corrected chi connectivity index (χ2v) is 11.4. The first-order chi connectivity index (χ1) is 18.3. The molecule has 38 heavy (non-hydrogen) atoms.